The molecule has 6 rings (SSSR count). The molecule has 0 bridgehead atoms. The smallest absolute Gasteiger partial charge is 0.412 e. The van der Waals surface area contributed by atoms with Crippen LogP contribution >= 0.6 is 0 Å². The number of alkyl carbamates (subject to hydrolysis) is 1. The maximum absolute atomic E-state index is 14.2. The zero-order chi connectivity index (χ0) is 37.7. The van der Waals surface area contributed by atoms with E-state index in [2.05, 4.69) is 32.8 Å². The lowest BCUT2D eigenvalue weighted by Gasteiger charge is -2.39. The predicted molar refractivity (Wildman–Crippen MR) is 203 cm³/mol. The van der Waals surface area contributed by atoms with Crippen molar-refractivity contribution in [2.45, 2.75) is 52.4 Å². The van der Waals surface area contributed by atoms with E-state index < -0.39 is 23.7 Å². The van der Waals surface area contributed by atoms with Crippen LogP contribution in [0, 0.1) is 5.92 Å². The van der Waals surface area contributed by atoms with E-state index in [1.165, 1.54) is 0 Å². The molecular formula is C39H46N8O6. The lowest BCUT2D eigenvalue weighted by atomic mass is 9.95. The highest BCUT2D eigenvalue weighted by atomic mass is 16.6. The van der Waals surface area contributed by atoms with Crippen LogP contribution < -0.4 is 25.8 Å². The minimum Gasteiger partial charge on any atom is -0.444 e. The van der Waals surface area contributed by atoms with Gasteiger partial charge in [-0.05, 0) is 62.9 Å². The summed E-state index contributed by atoms with van der Waals surface area (Å²) in [5, 5.41) is 9.38. The number of ether oxygens (including phenoxy) is 2. The molecule has 2 aromatic carbocycles. The first-order chi connectivity index (χ1) is 25.3. The first kappa shape index (κ1) is 36.9. The minimum atomic E-state index is -0.746. The Kier molecular flexibility index (Phi) is 11.0. The van der Waals surface area contributed by atoms with Gasteiger partial charge in [-0.2, -0.15) is 0 Å². The fourth-order valence-electron chi connectivity index (χ4n) is 6.54. The SMILES string of the molecule is C[C@@H]1C[C@H](NC(=O)OC(C)(C)C)CN(c2ccncc2NC(=O)c2nc3cc(N4CCN(C)C(=O)C4)ccc3cc2NC(=O)OCc2ccccc2)C1. The number of piperidine rings is 1. The van der Waals surface area contributed by atoms with E-state index in [0.29, 0.717) is 42.8 Å². The summed E-state index contributed by atoms with van der Waals surface area (Å²) in [7, 11) is 1.78. The first-order valence-corrected chi connectivity index (χ1v) is 17.7. The lowest BCUT2D eigenvalue weighted by molar-refractivity contribution is -0.129. The molecule has 0 radical (unpaired) electrons. The second kappa shape index (κ2) is 15.8. The molecule has 2 atom stereocenters. The van der Waals surface area contributed by atoms with Gasteiger partial charge in [-0.15, -0.1) is 0 Å². The van der Waals surface area contributed by atoms with Gasteiger partial charge >= 0.3 is 12.2 Å². The monoisotopic (exact) mass is 722 g/mol. The number of nitrogens with one attached hydrogen (secondary N) is 3. The number of carbonyl (C=O) groups excluding carboxylic acids is 4. The Bertz CT molecular complexity index is 1980. The Hall–Kier alpha value is -5.92. The third-order valence-electron chi connectivity index (χ3n) is 9.06. The Labute approximate surface area is 308 Å². The molecule has 2 aromatic heterocycles. The molecule has 0 saturated carbocycles. The van der Waals surface area contributed by atoms with E-state index in [0.717, 1.165) is 23.4 Å². The molecule has 0 spiro atoms. The normalized spacial score (nSPS) is 17.7. The second-order valence-corrected chi connectivity index (χ2v) is 14.6. The number of hydrogen-bond acceptors (Lipinski definition) is 10. The Morgan fingerprint density at radius 3 is 2.47 bits per heavy atom. The summed E-state index contributed by atoms with van der Waals surface area (Å²) in [5.41, 5.74) is 2.77. The van der Waals surface area contributed by atoms with E-state index in [4.69, 9.17) is 14.5 Å². The van der Waals surface area contributed by atoms with Crippen molar-refractivity contribution in [3.63, 3.8) is 0 Å². The molecule has 2 aliphatic heterocycles. The van der Waals surface area contributed by atoms with Gasteiger partial charge < -0.3 is 34.8 Å². The van der Waals surface area contributed by atoms with E-state index in [-0.39, 0.29) is 42.4 Å². The number of anilines is 4. The van der Waals surface area contributed by atoms with Crippen LogP contribution in [0.4, 0.5) is 32.3 Å². The lowest BCUT2D eigenvalue weighted by Crippen LogP contribution is -2.51. The van der Waals surface area contributed by atoms with Gasteiger partial charge in [-0.25, -0.2) is 14.6 Å². The fraction of sp³-hybridized carbons (Fsp3) is 0.385. The number of likely N-dealkylation sites (N-methyl/N-ethyl adjacent to an activating group) is 1. The van der Waals surface area contributed by atoms with Gasteiger partial charge in [0.05, 0.1) is 35.3 Å². The largest absolute Gasteiger partial charge is 0.444 e. The third kappa shape index (κ3) is 9.50. The van der Waals surface area contributed by atoms with Gasteiger partial charge in [-0.1, -0.05) is 43.3 Å². The highest BCUT2D eigenvalue weighted by Gasteiger charge is 2.30. The van der Waals surface area contributed by atoms with Crippen LogP contribution in [0.3, 0.4) is 0 Å². The highest BCUT2D eigenvalue weighted by molar-refractivity contribution is 6.11. The summed E-state index contributed by atoms with van der Waals surface area (Å²) < 4.78 is 11.0. The molecule has 2 fully saturated rings. The zero-order valence-corrected chi connectivity index (χ0v) is 30.7. The van der Waals surface area contributed by atoms with Crippen molar-refractivity contribution in [1.29, 1.82) is 0 Å². The average molecular weight is 723 g/mol. The number of pyridine rings is 2. The first-order valence-electron chi connectivity index (χ1n) is 17.7. The standard InChI is InChI=1S/C39H46N8O6/c1-25-17-28(41-38(51)53-39(2,3)4)22-47(21-25)33-13-14-40-20-32(33)43-36(49)35-31(44-37(50)52-24-26-9-7-6-8-10-26)18-27-11-12-29(19-30(27)42-35)46-16-15-45(5)34(48)23-46/h6-14,18-20,25,28H,15-17,21-24H2,1-5H3,(H,41,51)(H,43,49)(H,44,50)/t25-,28+/m1/s1. The number of carbonyl (C=O) groups is 4. The number of benzene rings is 2. The third-order valence-corrected chi connectivity index (χ3v) is 9.06. The molecule has 0 unspecified atom stereocenters. The average Bonchev–Trinajstić information content (AvgIpc) is 3.11. The maximum Gasteiger partial charge on any atom is 0.412 e. The summed E-state index contributed by atoms with van der Waals surface area (Å²) in [6.45, 7) is 10.3. The Morgan fingerprint density at radius 2 is 1.72 bits per heavy atom. The molecule has 278 valence electrons. The zero-order valence-electron chi connectivity index (χ0n) is 30.7. The number of hydrogen-bond donors (Lipinski definition) is 3. The second-order valence-electron chi connectivity index (χ2n) is 14.6. The summed E-state index contributed by atoms with van der Waals surface area (Å²) in [6.07, 6.45) is 2.75. The molecule has 2 aliphatic rings. The summed E-state index contributed by atoms with van der Waals surface area (Å²) in [4.78, 5) is 67.1. The minimum absolute atomic E-state index is 0.0141. The number of rotatable bonds is 8. The number of amides is 4. The molecule has 53 heavy (non-hydrogen) atoms. The number of fused-ring (bicyclic) bond motifs is 1. The van der Waals surface area contributed by atoms with E-state index in [9.17, 15) is 19.2 Å². The molecule has 3 N–H and O–H groups in total. The number of nitrogens with zero attached hydrogens (tertiary/aromatic N) is 5. The van der Waals surface area contributed by atoms with E-state index in [1.807, 2.05) is 80.3 Å². The Balaban J connectivity index is 1.27. The van der Waals surface area contributed by atoms with Crippen molar-refractivity contribution in [3.8, 4) is 0 Å². The van der Waals surface area contributed by atoms with Gasteiger partial charge in [0.15, 0.2) is 5.69 Å². The van der Waals surface area contributed by atoms with E-state index >= 15 is 0 Å². The van der Waals surface area contributed by atoms with Crippen LogP contribution in [0.1, 0.15) is 50.2 Å². The van der Waals surface area contributed by atoms with Crippen LogP contribution in [-0.4, -0.2) is 90.3 Å². The highest BCUT2D eigenvalue weighted by Crippen LogP contribution is 2.32. The molecular weight excluding hydrogens is 676 g/mol. The molecule has 2 saturated heterocycles. The van der Waals surface area contributed by atoms with Crippen molar-refractivity contribution in [3.05, 3.63) is 84.3 Å². The molecule has 14 heteroatoms. The topological polar surface area (TPSA) is 158 Å². The maximum atomic E-state index is 14.2. The quantitative estimate of drug-likeness (QED) is 0.208. The van der Waals surface area contributed by atoms with Crippen LogP contribution in [0.2, 0.25) is 0 Å². The number of piperazine rings is 1. The number of aromatic nitrogens is 2. The predicted octanol–water partition coefficient (Wildman–Crippen LogP) is 5.65. The van der Waals surface area contributed by atoms with Crippen molar-refractivity contribution in [2.24, 2.45) is 5.92 Å². The molecule has 4 amide bonds. The van der Waals surface area contributed by atoms with Gasteiger partial charge in [-0.3, -0.25) is 19.9 Å². The van der Waals surface area contributed by atoms with Crippen molar-refractivity contribution in [2.75, 3.05) is 60.2 Å². The van der Waals surface area contributed by atoms with Crippen LogP contribution in [0.15, 0.2) is 73.1 Å². The summed E-state index contributed by atoms with van der Waals surface area (Å²) >= 11 is 0. The molecule has 0 aliphatic carbocycles. The van der Waals surface area contributed by atoms with E-state index in [1.54, 1.807) is 30.4 Å². The van der Waals surface area contributed by atoms with Gasteiger partial charge in [0.1, 0.15) is 12.2 Å². The van der Waals surface area contributed by atoms with Crippen LogP contribution in [-0.2, 0) is 20.9 Å². The molecule has 4 aromatic rings. The fourth-order valence-corrected chi connectivity index (χ4v) is 6.54. The van der Waals surface area contributed by atoms with Crippen molar-refractivity contribution < 1.29 is 28.7 Å². The van der Waals surface area contributed by atoms with Gasteiger partial charge in [0, 0.05) is 56.5 Å². The summed E-state index contributed by atoms with van der Waals surface area (Å²) in [6, 6.07) is 18.2. The Morgan fingerprint density at radius 1 is 0.925 bits per heavy atom. The van der Waals surface area contributed by atoms with Crippen molar-refractivity contribution in [1.82, 2.24) is 20.2 Å². The van der Waals surface area contributed by atoms with Crippen LogP contribution in [0.25, 0.3) is 10.9 Å². The molecule has 14 nitrogen and oxygen atoms in total. The molecule has 4 heterocycles. The van der Waals surface area contributed by atoms with Crippen molar-refractivity contribution >= 4 is 57.7 Å². The summed E-state index contributed by atoms with van der Waals surface area (Å²) in [5.74, 6) is -0.335. The van der Waals surface area contributed by atoms with Crippen LogP contribution in [0.5, 0.6) is 0 Å². The van der Waals surface area contributed by atoms with Gasteiger partial charge in [0.2, 0.25) is 5.91 Å². The van der Waals surface area contributed by atoms with Gasteiger partial charge in [0.25, 0.3) is 5.91 Å².